The van der Waals surface area contributed by atoms with Crippen LogP contribution in [-0.2, 0) is 9.59 Å². The lowest BCUT2D eigenvalue weighted by atomic mass is 9.87. The predicted octanol–water partition coefficient (Wildman–Crippen LogP) is 2.45. The minimum Gasteiger partial charge on any atom is -0.342 e. The molecule has 2 fully saturated rings. The molecule has 0 unspecified atom stereocenters. The highest BCUT2D eigenvalue weighted by Crippen LogP contribution is 2.27. The Hall–Kier alpha value is -1.76. The Morgan fingerprint density at radius 1 is 1.35 bits per heavy atom. The summed E-state index contributed by atoms with van der Waals surface area (Å²) in [6.07, 6.45) is 14.4. The fourth-order valence-electron chi connectivity index (χ4n) is 3.73. The number of hydrogen-bond acceptors (Lipinski definition) is 2. The highest BCUT2D eigenvalue weighted by molar-refractivity contribution is 5.84. The van der Waals surface area contributed by atoms with E-state index in [0.29, 0.717) is 38.4 Å². The zero-order valence-corrected chi connectivity index (χ0v) is 14.0. The summed E-state index contributed by atoms with van der Waals surface area (Å²) in [4.78, 5) is 28.5. The van der Waals surface area contributed by atoms with Crippen molar-refractivity contribution in [1.82, 2.24) is 9.80 Å². The van der Waals surface area contributed by atoms with Crippen molar-refractivity contribution in [3.8, 4) is 12.3 Å². The first-order valence-electron chi connectivity index (χ1n) is 8.76. The largest absolute Gasteiger partial charge is 0.342 e. The molecule has 1 atom stereocenters. The minimum atomic E-state index is -0.121. The van der Waals surface area contributed by atoms with Gasteiger partial charge in [-0.05, 0) is 25.2 Å². The second kappa shape index (κ2) is 8.76. The van der Waals surface area contributed by atoms with E-state index in [1.54, 1.807) is 11.0 Å². The number of terminal acetylenes is 1. The summed E-state index contributed by atoms with van der Waals surface area (Å²) in [6.45, 7) is 5.83. The molecular weight excluding hydrogens is 288 g/mol. The molecule has 1 aliphatic carbocycles. The van der Waals surface area contributed by atoms with Gasteiger partial charge < -0.3 is 9.80 Å². The molecule has 126 valence electrons. The maximum absolute atomic E-state index is 12.7. The average Bonchev–Trinajstić information content (AvgIpc) is 2.57. The Morgan fingerprint density at radius 3 is 2.74 bits per heavy atom. The van der Waals surface area contributed by atoms with Crippen LogP contribution in [0.25, 0.3) is 0 Å². The predicted molar refractivity (Wildman–Crippen MR) is 91.5 cm³/mol. The molecule has 1 heterocycles. The summed E-state index contributed by atoms with van der Waals surface area (Å²) >= 11 is 0. The van der Waals surface area contributed by atoms with Gasteiger partial charge in [0.15, 0.2) is 0 Å². The van der Waals surface area contributed by atoms with Crippen LogP contribution in [0.3, 0.4) is 0 Å². The van der Waals surface area contributed by atoms with Gasteiger partial charge in [-0.15, -0.1) is 13.0 Å². The molecule has 4 heteroatoms. The number of carbonyl (C=O) groups is 2. The molecule has 0 N–H and O–H groups in total. The second-order valence-corrected chi connectivity index (χ2v) is 6.75. The van der Waals surface area contributed by atoms with E-state index in [0.717, 1.165) is 6.54 Å². The first-order chi connectivity index (χ1) is 11.2. The van der Waals surface area contributed by atoms with Gasteiger partial charge in [0.25, 0.3) is 0 Å². The van der Waals surface area contributed by atoms with Gasteiger partial charge in [0, 0.05) is 26.1 Å². The molecular formula is C19H28N2O2. The molecule has 23 heavy (non-hydrogen) atoms. The molecule has 0 bridgehead atoms. The van der Waals surface area contributed by atoms with Crippen molar-refractivity contribution in [1.29, 1.82) is 0 Å². The number of carbonyl (C=O) groups excluding carboxylic acids is 2. The zero-order valence-electron chi connectivity index (χ0n) is 14.0. The third kappa shape index (κ3) is 4.86. The molecule has 1 aliphatic heterocycles. The van der Waals surface area contributed by atoms with E-state index in [2.05, 4.69) is 12.5 Å². The monoisotopic (exact) mass is 316 g/mol. The Labute approximate surface area is 139 Å². The van der Waals surface area contributed by atoms with Crippen molar-refractivity contribution in [2.75, 3.05) is 26.2 Å². The Bertz CT molecular complexity index is 474. The van der Waals surface area contributed by atoms with Crippen LogP contribution in [0, 0.1) is 24.2 Å². The summed E-state index contributed by atoms with van der Waals surface area (Å²) in [7, 11) is 0. The minimum absolute atomic E-state index is 0.0593. The maximum atomic E-state index is 12.7. The fourth-order valence-corrected chi connectivity index (χ4v) is 3.73. The Morgan fingerprint density at radius 2 is 2.09 bits per heavy atom. The number of likely N-dealkylation sites (tertiary alicyclic amines) is 1. The van der Waals surface area contributed by atoms with Gasteiger partial charge in [0.05, 0.1) is 12.5 Å². The standard InChI is InChI=1S/C19H28N2O2/c1-3-12-20(13-4-2)19(23)17-10-11-18(22)21(15-17)14-16-8-6-5-7-9-16/h1,4,16-17H,2,5-15H2/t17-/m0/s1. The van der Waals surface area contributed by atoms with Gasteiger partial charge in [-0.25, -0.2) is 0 Å². The lowest BCUT2D eigenvalue weighted by Gasteiger charge is -2.36. The van der Waals surface area contributed by atoms with Gasteiger partial charge in [-0.1, -0.05) is 31.3 Å². The van der Waals surface area contributed by atoms with Crippen molar-refractivity contribution in [3.05, 3.63) is 12.7 Å². The Balaban J connectivity index is 1.95. The van der Waals surface area contributed by atoms with Crippen LogP contribution in [0.2, 0.25) is 0 Å². The van der Waals surface area contributed by atoms with Gasteiger partial charge in [-0.3, -0.25) is 9.59 Å². The topological polar surface area (TPSA) is 40.6 Å². The summed E-state index contributed by atoms with van der Waals surface area (Å²) in [5.41, 5.74) is 0. The van der Waals surface area contributed by atoms with Crippen LogP contribution in [0.5, 0.6) is 0 Å². The van der Waals surface area contributed by atoms with Crippen molar-refractivity contribution in [2.24, 2.45) is 11.8 Å². The van der Waals surface area contributed by atoms with Gasteiger partial charge in [0.1, 0.15) is 0 Å². The normalized spacial score (nSPS) is 22.5. The van der Waals surface area contributed by atoms with Crippen LogP contribution < -0.4 is 0 Å². The number of rotatable bonds is 6. The lowest BCUT2D eigenvalue weighted by molar-refractivity contribution is -0.143. The molecule has 1 saturated heterocycles. The molecule has 0 aromatic rings. The fraction of sp³-hybridized carbons (Fsp3) is 0.684. The van der Waals surface area contributed by atoms with Crippen molar-refractivity contribution in [3.63, 3.8) is 0 Å². The van der Waals surface area contributed by atoms with Crippen molar-refractivity contribution in [2.45, 2.75) is 44.9 Å². The highest BCUT2D eigenvalue weighted by Gasteiger charge is 2.33. The number of amides is 2. The maximum Gasteiger partial charge on any atom is 0.228 e. The van der Waals surface area contributed by atoms with E-state index in [9.17, 15) is 9.59 Å². The SMILES string of the molecule is C#CCN(CC=C)C(=O)[C@H]1CCC(=O)N(CC2CCCCC2)C1. The third-order valence-corrected chi connectivity index (χ3v) is 5.00. The van der Waals surface area contributed by atoms with E-state index in [-0.39, 0.29) is 17.7 Å². The van der Waals surface area contributed by atoms with E-state index in [4.69, 9.17) is 6.42 Å². The highest BCUT2D eigenvalue weighted by atomic mass is 16.2. The molecule has 2 rings (SSSR count). The van der Waals surface area contributed by atoms with E-state index in [1.165, 1.54) is 32.1 Å². The lowest BCUT2D eigenvalue weighted by Crippen LogP contribution is -2.48. The van der Waals surface area contributed by atoms with E-state index >= 15 is 0 Å². The van der Waals surface area contributed by atoms with Crippen LogP contribution >= 0.6 is 0 Å². The molecule has 0 aromatic carbocycles. The smallest absolute Gasteiger partial charge is 0.228 e. The number of nitrogens with zero attached hydrogens (tertiary/aromatic N) is 2. The second-order valence-electron chi connectivity index (χ2n) is 6.75. The first-order valence-corrected chi connectivity index (χ1v) is 8.76. The zero-order chi connectivity index (χ0) is 16.7. The molecule has 1 saturated carbocycles. The summed E-state index contributed by atoms with van der Waals surface area (Å²) in [6, 6.07) is 0. The quantitative estimate of drug-likeness (QED) is 0.558. The Kier molecular flexibility index (Phi) is 6.70. The van der Waals surface area contributed by atoms with Gasteiger partial charge in [0.2, 0.25) is 11.8 Å². The molecule has 0 aromatic heterocycles. The third-order valence-electron chi connectivity index (χ3n) is 5.00. The number of piperidine rings is 1. The first kappa shape index (κ1) is 17.6. The summed E-state index contributed by atoms with van der Waals surface area (Å²) in [5.74, 6) is 3.28. The molecule has 4 nitrogen and oxygen atoms in total. The van der Waals surface area contributed by atoms with Crippen LogP contribution in [0.4, 0.5) is 0 Å². The van der Waals surface area contributed by atoms with E-state index in [1.807, 2.05) is 4.90 Å². The van der Waals surface area contributed by atoms with Crippen molar-refractivity contribution < 1.29 is 9.59 Å². The van der Waals surface area contributed by atoms with Gasteiger partial charge in [-0.2, -0.15) is 0 Å². The van der Waals surface area contributed by atoms with Gasteiger partial charge >= 0.3 is 0 Å². The molecule has 2 amide bonds. The van der Waals surface area contributed by atoms with Crippen LogP contribution in [0.15, 0.2) is 12.7 Å². The average molecular weight is 316 g/mol. The summed E-state index contributed by atoms with van der Waals surface area (Å²) < 4.78 is 0. The molecule has 2 aliphatic rings. The summed E-state index contributed by atoms with van der Waals surface area (Å²) in [5, 5.41) is 0. The van der Waals surface area contributed by atoms with E-state index < -0.39 is 0 Å². The van der Waals surface area contributed by atoms with Crippen molar-refractivity contribution >= 4 is 11.8 Å². The molecule has 0 radical (unpaired) electrons. The van der Waals surface area contributed by atoms with Crippen LogP contribution in [-0.4, -0.2) is 47.8 Å². The van der Waals surface area contributed by atoms with Crippen LogP contribution in [0.1, 0.15) is 44.9 Å². The molecule has 0 spiro atoms. The number of hydrogen-bond donors (Lipinski definition) is 0.